The van der Waals surface area contributed by atoms with E-state index in [2.05, 4.69) is 10.3 Å². The molecule has 1 aromatic rings. The van der Waals surface area contributed by atoms with Gasteiger partial charge < -0.3 is 15.3 Å². The van der Waals surface area contributed by atoms with Crippen LogP contribution in [0.25, 0.3) is 0 Å². The quantitative estimate of drug-likeness (QED) is 0.770. The van der Waals surface area contributed by atoms with Gasteiger partial charge in [0.25, 0.3) is 5.91 Å². The summed E-state index contributed by atoms with van der Waals surface area (Å²) in [5.41, 5.74) is -0.0800. The Morgan fingerprint density at radius 2 is 2.00 bits per heavy atom. The third kappa shape index (κ3) is 5.05. The van der Waals surface area contributed by atoms with Gasteiger partial charge in [-0.1, -0.05) is 12.5 Å². The molecule has 2 heterocycles. The second-order valence-corrected chi connectivity index (χ2v) is 5.51. The van der Waals surface area contributed by atoms with Gasteiger partial charge in [0.1, 0.15) is 11.4 Å². The van der Waals surface area contributed by atoms with Gasteiger partial charge in [0.05, 0.1) is 0 Å². The highest BCUT2D eigenvalue weighted by molar-refractivity contribution is 5.94. The third-order valence-corrected chi connectivity index (χ3v) is 3.76. The van der Waals surface area contributed by atoms with Crippen molar-refractivity contribution in [1.82, 2.24) is 15.2 Å². The Kier molecular flexibility index (Phi) is 6.08. The Morgan fingerprint density at radius 3 is 2.78 bits per heavy atom. The summed E-state index contributed by atoms with van der Waals surface area (Å²) in [5.74, 6) is -1.39. The molecule has 7 heteroatoms. The van der Waals surface area contributed by atoms with E-state index in [1.54, 1.807) is 0 Å². The van der Waals surface area contributed by atoms with Gasteiger partial charge in [-0.25, -0.2) is 9.78 Å². The van der Waals surface area contributed by atoms with Crippen molar-refractivity contribution in [2.45, 2.75) is 32.1 Å². The summed E-state index contributed by atoms with van der Waals surface area (Å²) in [6, 6.07) is 4.30. The molecule has 7 nitrogen and oxygen atoms in total. The number of pyridine rings is 1. The van der Waals surface area contributed by atoms with E-state index in [0.29, 0.717) is 25.9 Å². The molecule has 0 atom stereocenters. The van der Waals surface area contributed by atoms with E-state index in [9.17, 15) is 14.4 Å². The van der Waals surface area contributed by atoms with Gasteiger partial charge in [-0.15, -0.1) is 0 Å². The highest BCUT2D eigenvalue weighted by Gasteiger charge is 2.16. The minimum Gasteiger partial charge on any atom is -0.477 e. The largest absolute Gasteiger partial charge is 0.477 e. The minimum atomic E-state index is -1.17. The van der Waals surface area contributed by atoms with Crippen LogP contribution in [0.15, 0.2) is 18.2 Å². The molecular weight excluding hydrogens is 298 g/mol. The van der Waals surface area contributed by atoms with Crippen molar-refractivity contribution in [3.05, 3.63) is 29.6 Å². The van der Waals surface area contributed by atoms with Gasteiger partial charge in [0.2, 0.25) is 5.91 Å². The first-order valence-electron chi connectivity index (χ1n) is 7.84. The predicted octanol–water partition coefficient (Wildman–Crippen LogP) is 1.30. The highest BCUT2D eigenvalue weighted by Crippen LogP contribution is 2.11. The fourth-order valence-corrected chi connectivity index (χ4v) is 2.52. The number of amides is 2. The number of carboxylic acid groups (broad SMARTS) is 1. The fourth-order valence-electron chi connectivity index (χ4n) is 2.52. The SMILES string of the molecule is O=C(O)c1cccc(C(=O)NCCCN2CCCCCC2=O)n1. The second kappa shape index (κ2) is 8.26. The molecule has 0 unspecified atom stereocenters. The molecule has 1 fully saturated rings. The molecule has 2 amide bonds. The van der Waals surface area contributed by atoms with Crippen LogP contribution in [0.4, 0.5) is 0 Å². The van der Waals surface area contributed by atoms with Crippen molar-refractivity contribution in [2.24, 2.45) is 0 Å². The lowest BCUT2D eigenvalue weighted by atomic mass is 10.2. The van der Waals surface area contributed by atoms with Crippen molar-refractivity contribution in [2.75, 3.05) is 19.6 Å². The van der Waals surface area contributed by atoms with Crippen molar-refractivity contribution in [1.29, 1.82) is 0 Å². The first kappa shape index (κ1) is 16.9. The lowest BCUT2D eigenvalue weighted by molar-refractivity contribution is -0.130. The molecule has 0 spiro atoms. The fraction of sp³-hybridized carbons (Fsp3) is 0.500. The topological polar surface area (TPSA) is 99.6 Å². The number of carbonyl (C=O) groups excluding carboxylic acids is 2. The smallest absolute Gasteiger partial charge is 0.354 e. The first-order chi connectivity index (χ1) is 11.1. The summed E-state index contributed by atoms with van der Waals surface area (Å²) in [7, 11) is 0. The Balaban J connectivity index is 1.77. The number of rotatable bonds is 6. The molecule has 2 N–H and O–H groups in total. The molecule has 124 valence electrons. The summed E-state index contributed by atoms with van der Waals surface area (Å²) in [4.78, 5) is 40.3. The standard InChI is InChI=1S/C16H21N3O4/c20-14-8-2-1-3-10-19(14)11-5-9-17-15(21)12-6-4-7-13(18-12)16(22)23/h4,6-7H,1-3,5,8-11H2,(H,17,21)(H,22,23). The molecule has 23 heavy (non-hydrogen) atoms. The summed E-state index contributed by atoms with van der Waals surface area (Å²) in [6.45, 7) is 1.83. The average Bonchev–Trinajstić information content (AvgIpc) is 2.76. The van der Waals surface area contributed by atoms with Crippen LogP contribution >= 0.6 is 0 Å². The highest BCUT2D eigenvalue weighted by atomic mass is 16.4. The van der Waals surface area contributed by atoms with Crippen LogP contribution in [0.2, 0.25) is 0 Å². The summed E-state index contributed by atoms with van der Waals surface area (Å²) < 4.78 is 0. The van der Waals surface area contributed by atoms with E-state index in [1.807, 2.05) is 4.90 Å². The van der Waals surface area contributed by atoms with E-state index in [-0.39, 0.29) is 17.3 Å². The number of hydrogen-bond acceptors (Lipinski definition) is 4. The number of nitrogens with zero attached hydrogens (tertiary/aromatic N) is 2. The van der Waals surface area contributed by atoms with Crippen LogP contribution < -0.4 is 5.32 Å². The van der Waals surface area contributed by atoms with Gasteiger partial charge >= 0.3 is 5.97 Å². The Hall–Kier alpha value is -2.44. The first-order valence-corrected chi connectivity index (χ1v) is 7.84. The van der Waals surface area contributed by atoms with Crippen LogP contribution in [0.1, 0.15) is 53.1 Å². The summed E-state index contributed by atoms with van der Waals surface area (Å²) in [5, 5.41) is 11.6. The van der Waals surface area contributed by atoms with Gasteiger partial charge in [0.15, 0.2) is 0 Å². The number of carboxylic acids is 1. The van der Waals surface area contributed by atoms with Gasteiger partial charge in [-0.3, -0.25) is 9.59 Å². The van der Waals surface area contributed by atoms with Crippen LogP contribution in [-0.4, -0.2) is 52.4 Å². The number of carbonyl (C=O) groups is 3. The average molecular weight is 319 g/mol. The van der Waals surface area contributed by atoms with Gasteiger partial charge in [-0.2, -0.15) is 0 Å². The van der Waals surface area contributed by atoms with E-state index < -0.39 is 11.9 Å². The number of likely N-dealkylation sites (tertiary alicyclic amines) is 1. The van der Waals surface area contributed by atoms with Crippen molar-refractivity contribution < 1.29 is 19.5 Å². The molecule has 0 radical (unpaired) electrons. The molecule has 1 saturated heterocycles. The van der Waals surface area contributed by atoms with Crippen molar-refractivity contribution in [3.8, 4) is 0 Å². The second-order valence-electron chi connectivity index (χ2n) is 5.51. The van der Waals surface area contributed by atoms with Crippen LogP contribution in [-0.2, 0) is 4.79 Å². The number of aromatic nitrogens is 1. The number of nitrogens with one attached hydrogen (secondary N) is 1. The Morgan fingerprint density at radius 1 is 1.22 bits per heavy atom. The molecule has 0 bridgehead atoms. The third-order valence-electron chi connectivity index (χ3n) is 3.76. The maximum absolute atomic E-state index is 11.9. The maximum Gasteiger partial charge on any atom is 0.354 e. The molecular formula is C16H21N3O4. The van der Waals surface area contributed by atoms with Gasteiger partial charge in [-0.05, 0) is 31.4 Å². The number of aromatic carboxylic acids is 1. The van der Waals surface area contributed by atoms with E-state index in [4.69, 9.17) is 5.11 Å². The molecule has 1 aromatic heterocycles. The summed E-state index contributed by atoms with van der Waals surface area (Å²) in [6.07, 6.45) is 4.35. The zero-order chi connectivity index (χ0) is 16.7. The molecule has 2 rings (SSSR count). The summed E-state index contributed by atoms with van der Waals surface area (Å²) >= 11 is 0. The van der Waals surface area contributed by atoms with E-state index in [0.717, 1.165) is 25.8 Å². The molecule has 1 aliphatic rings. The van der Waals surface area contributed by atoms with Crippen LogP contribution in [0.5, 0.6) is 0 Å². The predicted molar refractivity (Wildman–Crippen MR) is 83.2 cm³/mol. The zero-order valence-corrected chi connectivity index (χ0v) is 13.0. The van der Waals surface area contributed by atoms with E-state index >= 15 is 0 Å². The van der Waals surface area contributed by atoms with Crippen LogP contribution in [0, 0.1) is 0 Å². The maximum atomic E-state index is 11.9. The zero-order valence-electron chi connectivity index (χ0n) is 13.0. The van der Waals surface area contributed by atoms with Crippen LogP contribution in [0.3, 0.4) is 0 Å². The Bertz CT molecular complexity index is 588. The molecule has 0 aliphatic carbocycles. The van der Waals surface area contributed by atoms with Crippen molar-refractivity contribution in [3.63, 3.8) is 0 Å². The Labute approximate surface area is 134 Å². The van der Waals surface area contributed by atoms with E-state index in [1.165, 1.54) is 18.2 Å². The van der Waals surface area contributed by atoms with Gasteiger partial charge in [0, 0.05) is 26.1 Å². The number of hydrogen-bond donors (Lipinski definition) is 2. The molecule has 0 aromatic carbocycles. The lowest BCUT2D eigenvalue weighted by Crippen LogP contribution is -2.34. The molecule has 0 saturated carbocycles. The minimum absolute atomic E-state index is 0.0794. The monoisotopic (exact) mass is 319 g/mol. The molecule has 1 aliphatic heterocycles. The normalized spacial score (nSPS) is 15.1. The van der Waals surface area contributed by atoms with Crippen molar-refractivity contribution >= 4 is 17.8 Å². The lowest BCUT2D eigenvalue weighted by Gasteiger charge is -2.20.